The van der Waals surface area contributed by atoms with Crippen LogP contribution in [0.4, 0.5) is 10.1 Å². The molecule has 1 aromatic carbocycles. The largest absolute Gasteiger partial charge is 0.366 e. The molecular formula is C16H18BrFN2. The van der Waals surface area contributed by atoms with Gasteiger partial charge in [-0.3, -0.25) is 4.98 Å². The van der Waals surface area contributed by atoms with Crippen molar-refractivity contribution in [2.75, 3.05) is 11.4 Å². The van der Waals surface area contributed by atoms with Crippen molar-refractivity contribution < 1.29 is 4.39 Å². The van der Waals surface area contributed by atoms with Crippen LogP contribution in [0.2, 0.25) is 0 Å². The number of anilines is 1. The first-order chi connectivity index (χ1) is 9.65. The minimum Gasteiger partial charge on any atom is -0.366 e. The molecule has 0 unspecified atom stereocenters. The number of pyridine rings is 1. The fourth-order valence-electron chi connectivity index (χ4n) is 2.23. The van der Waals surface area contributed by atoms with E-state index in [9.17, 15) is 4.39 Å². The Kier molecular flexibility index (Phi) is 5.12. The molecule has 0 bridgehead atoms. The standard InChI is InChI=1S/C16H18BrFN2/c1-3-20(11-13-7-4-6-12(2)19-13)16-9-5-8-15(18)14(16)10-17/h4-9H,3,10-11H2,1-2H3. The molecule has 0 aliphatic rings. The Morgan fingerprint density at radius 3 is 2.60 bits per heavy atom. The first-order valence-electron chi connectivity index (χ1n) is 6.66. The zero-order valence-electron chi connectivity index (χ0n) is 11.7. The van der Waals surface area contributed by atoms with Crippen LogP contribution in [0.25, 0.3) is 0 Å². The van der Waals surface area contributed by atoms with Gasteiger partial charge in [-0.2, -0.15) is 0 Å². The van der Waals surface area contributed by atoms with Gasteiger partial charge < -0.3 is 4.90 Å². The molecule has 0 N–H and O–H groups in total. The van der Waals surface area contributed by atoms with Gasteiger partial charge in [0.1, 0.15) is 5.82 Å². The number of aryl methyl sites for hydroxylation is 1. The molecular weight excluding hydrogens is 319 g/mol. The van der Waals surface area contributed by atoms with Gasteiger partial charge in [0.2, 0.25) is 0 Å². The summed E-state index contributed by atoms with van der Waals surface area (Å²) in [6.07, 6.45) is 0. The highest BCUT2D eigenvalue weighted by Crippen LogP contribution is 2.26. The second-order valence-electron chi connectivity index (χ2n) is 4.66. The molecule has 2 aromatic rings. The number of benzene rings is 1. The highest BCUT2D eigenvalue weighted by Gasteiger charge is 2.13. The molecule has 106 valence electrons. The SMILES string of the molecule is CCN(Cc1cccc(C)n1)c1cccc(F)c1CBr. The van der Waals surface area contributed by atoms with Crippen molar-refractivity contribution in [1.29, 1.82) is 0 Å². The van der Waals surface area contributed by atoms with Gasteiger partial charge in [-0.15, -0.1) is 0 Å². The van der Waals surface area contributed by atoms with Crippen LogP contribution in [0.1, 0.15) is 23.9 Å². The van der Waals surface area contributed by atoms with Crippen LogP contribution in [0.15, 0.2) is 36.4 Å². The summed E-state index contributed by atoms with van der Waals surface area (Å²) < 4.78 is 13.9. The first-order valence-corrected chi connectivity index (χ1v) is 7.78. The van der Waals surface area contributed by atoms with Crippen molar-refractivity contribution in [3.05, 3.63) is 59.2 Å². The fourth-order valence-corrected chi connectivity index (χ4v) is 2.78. The second kappa shape index (κ2) is 6.84. The lowest BCUT2D eigenvalue weighted by molar-refractivity contribution is 0.615. The first kappa shape index (κ1) is 15.0. The molecule has 0 atom stereocenters. The van der Waals surface area contributed by atoms with Crippen LogP contribution in [0, 0.1) is 12.7 Å². The number of alkyl halides is 1. The maximum absolute atomic E-state index is 13.9. The summed E-state index contributed by atoms with van der Waals surface area (Å²) in [5.41, 5.74) is 3.62. The minimum absolute atomic E-state index is 0.171. The third-order valence-electron chi connectivity index (χ3n) is 3.25. The van der Waals surface area contributed by atoms with E-state index in [1.807, 2.05) is 31.2 Å². The average Bonchev–Trinajstić information content (AvgIpc) is 2.44. The molecule has 2 rings (SSSR count). The molecule has 4 heteroatoms. The van der Waals surface area contributed by atoms with Crippen molar-refractivity contribution in [2.45, 2.75) is 25.7 Å². The molecule has 0 saturated carbocycles. The lowest BCUT2D eigenvalue weighted by Crippen LogP contribution is -2.24. The number of halogens is 2. The van der Waals surface area contributed by atoms with Gasteiger partial charge in [0, 0.05) is 28.8 Å². The summed E-state index contributed by atoms with van der Waals surface area (Å²) in [6, 6.07) is 11.2. The summed E-state index contributed by atoms with van der Waals surface area (Å²) in [5, 5.41) is 0.507. The van der Waals surface area contributed by atoms with E-state index in [4.69, 9.17) is 0 Å². The normalized spacial score (nSPS) is 10.6. The maximum Gasteiger partial charge on any atom is 0.129 e. The molecule has 0 fully saturated rings. The summed E-state index contributed by atoms with van der Waals surface area (Å²) >= 11 is 3.37. The van der Waals surface area contributed by atoms with Crippen molar-refractivity contribution in [1.82, 2.24) is 4.98 Å². The van der Waals surface area contributed by atoms with Crippen LogP contribution in [-0.4, -0.2) is 11.5 Å². The number of nitrogens with zero attached hydrogens (tertiary/aromatic N) is 2. The maximum atomic E-state index is 13.9. The van der Waals surface area contributed by atoms with Gasteiger partial charge in [0.15, 0.2) is 0 Å². The van der Waals surface area contributed by atoms with Crippen LogP contribution in [0.5, 0.6) is 0 Å². The molecule has 20 heavy (non-hydrogen) atoms. The van der Waals surface area contributed by atoms with Crippen LogP contribution >= 0.6 is 15.9 Å². The van der Waals surface area contributed by atoms with E-state index < -0.39 is 0 Å². The number of aromatic nitrogens is 1. The minimum atomic E-state index is -0.171. The van der Waals surface area contributed by atoms with Gasteiger partial charge in [-0.25, -0.2) is 4.39 Å². The van der Waals surface area contributed by atoms with Gasteiger partial charge >= 0.3 is 0 Å². The number of hydrogen-bond donors (Lipinski definition) is 0. The second-order valence-corrected chi connectivity index (χ2v) is 5.22. The summed E-state index contributed by atoms with van der Waals surface area (Å²) in [7, 11) is 0. The number of rotatable bonds is 5. The summed E-state index contributed by atoms with van der Waals surface area (Å²) in [4.78, 5) is 6.66. The zero-order valence-corrected chi connectivity index (χ0v) is 13.3. The molecule has 0 aliphatic heterocycles. The highest BCUT2D eigenvalue weighted by molar-refractivity contribution is 9.08. The number of hydrogen-bond acceptors (Lipinski definition) is 2. The Hall–Kier alpha value is -1.42. The highest BCUT2D eigenvalue weighted by atomic mass is 79.9. The van der Waals surface area contributed by atoms with Crippen molar-refractivity contribution in [3.8, 4) is 0 Å². The van der Waals surface area contributed by atoms with E-state index in [2.05, 4.69) is 32.7 Å². The van der Waals surface area contributed by atoms with Crippen LogP contribution in [-0.2, 0) is 11.9 Å². The van der Waals surface area contributed by atoms with Gasteiger partial charge in [-0.05, 0) is 38.1 Å². The van der Waals surface area contributed by atoms with E-state index in [1.165, 1.54) is 6.07 Å². The van der Waals surface area contributed by atoms with Crippen molar-refractivity contribution >= 4 is 21.6 Å². The topological polar surface area (TPSA) is 16.1 Å². The molecule has 0 aliphatic carbocycles. The van der Waals surface area contributed by atoms with Gasteiger partial charge in [0.25, 0.3) is 0 Å². The fraction of sp³-hybridized carbons (Fsp3) is 0.312. The molecule has 0 saturated heterocycles. The predicted molar refractivity (Wildman–Crippen MR) is 84.7 cm³/mol. The van der Waals surface area contributed by atoms with Crippen molar-refractivity contribution in [2.24, 2.45) is 0 Å². The lowest BCUT2D eigenvalue weighted by atomic mass is 10.1. The molecule has 0 radical (unpaired) electrons. The van der Waals surface area contributed by atoms with Gasteiger partial charge in [-0.1, -0.05) is 28.1 Å². The molecule has 0 spiro atoms. The van der Waals surface area contributed by atoms with E-state index in [0.29, 0.717) is 17.4 Å². The van der Waals surface area contributed by atoms with E-state index in [1.54, 1.807) is 6.07 Å². The van der Waals surface area contributed by atoms with E-state index in [-0.39, 0.29) is 5.82 Å². The van der Waals surface area contributed by atoms with E-state index >= 15 is 0 Å². The zero-order chi connectivity index (χ0) is 14.5. The van der Waals surface area contributed by atoms with Crippen LogP contribution in [0.3, 0.4) is 0 Å². The van der Waals surface area contributed by atoms with E-state index in [0.717, 1.165) is 23.6 Å². The Bertz CT molecular complexity index is 586. The van der Waals surface area contributed by atoms with Gasteiger partial charge in [0.05, 0.1) is 12.2 Å². The molecule has 2 nitrogen and oxygen atoms in total. The Labute approximate surface area is 127 Å². The third kappa shape index (κ3) is 3.37. The smallest absolute Gasteiger partial charge is 0.129 e. The Morgan fingerprint density at radius 1 is 1.20 bits per heavy atom. The average molecular weight is 337 g/mol. The van der Waals surface area contributed by atoms with Crippen molar-refractivity contribution in [3.63, 3.8) is 0 Å². The van der Waals surface area contributed by atoms with Crippen LogP contribution < -0.4 is 4.90 Å². The Balaban J connectivity index is 2.31. The monoisotopic (exact) mass is 336 g/mol. The summed E-state index contributed by atoms with van der Waals surface area (Å²) in [5.74, 6) is -0.171. The molecule has 1 aromatic heterocycles. The molecule has 0 amide bonds. The predicted octanol–water partition coefficient (Wildman–Crippen LogP) is 4.45. The Morgan fingerprint density at radius 2 is 1.95 bits per heavy atom. The third-order valence-corrected chi connectivity index (χ3v) is 3.81. The summed E-state index contributed by atoms with van der Waals surface area (Å²) in [6.45, 7) is 5.53. The lowest BCUT2D eigenvalue weighted by Gasteiger charge is -2.25. The quantitative estimate of drug-likeness (QED) is 0.750. The molecule has 1 heterocycles.